The topological polar surface area (TPSA) is 73.6 Å². The zero-order valence-corrected chi connectivity index (χ0v) is 12.0. The molecule has 19 heavy (non-hydrogen) atoms. The number of fused-ring (bicyclic) bond motifs is 1. The van der Waals surface area contributed by atoms with E-state index in [1.165, 1.54) is 30.7 Å². The fraction of sp³-hybridized carbons (Fsp3) is 0.538. The van der Waals surface area contributed by atoms with Crippen LogP contribution in [0.1, 0.15) is 25.3 Å². The van der Waals surface area contributed by atoms with Gasteiger partial charge in [0.05, 0.1) is 11.8 Å². The molecule has 5 nitrogen and oxygen atoms in total. The van der Waals surface area contributed by atoms with Crippen LogP contribution < -0.4 is 10.9 Å². The summed E-state index contributed by atoms with van der Waals surface area (Å²) in [5.41, 5.74) is 2.24. The van der Waals surface area contributed by atoms with Crippen LogP contribution in [-0.2, 0) is 6.54 Å². The predicted octanol–water partition coefficient (Wildman–Crippen LogP) is 1.87. The molecule has 0 bridgehead atoms. The Morgan fingerprint density at radius 2 is 2.26 bits per heavy atom. The van der Waals surface area contributed by atoms with Crippen LogP contribution in [0.4, 0.5) is 0 Å². The van der Waals surface area contributed by atoms with Crippen LogP contribution in [0.3, 0.4) is 0 Å². The van der Waals surface area contributed by atoms with Crippen molar-refractivity contribution in [2.75, 3.05) is 18.1 Å². The maximum Gasteiger partial charge on any atom is 0.275 e. The summed E-state index contributed by atoms with van der Waals surface area (Å²) in [6.45, 7) is 3.94. The van der Waals surface area contributed by atoms with E-state index in [1.54, 1.807) is 0 Å². The normalized spacial score (nSPS) is 11.2. The summed E-state index contributed by atoms with van der Waals surface area (Å²) < 4.78 is 0. The van der Waals surface area contributed by atoms with Crippen LogP contribution in [0.2, 0.25) is 0 Å². The van der Waals surface area contributed by atoms with Crippen LogP contribution in [-0.4, -0.2) is 33.0 Å². The second-order valence-corrected chi connectivity index (χ2v) is 5.74. The summed E-state index contributed by atoms with van der Waals surface area (Å²) in [7, 11) is 0. The molecule has 0 radical (unpaired) electrons. The van der Waals surface area contributed by atoms with Crippen LogP contribution >= 0.6 is 11.8 Å². The van der Waals surface area contributed by atoms with Crippen molar-refractivity contribution in [2.45, 2.75) is 26.3 Å². The number of hydrogen-bond donors (Lipinski definition) is 3. The quantitative estimate of drug-likeness (QED) is 0.645. The first-order valence-electron chi connectivity index (χ1n) is 6.65. The Morgan fingerprint density at radius 3 is 3.11 bits per heavy atom. The predicted molar refractivity (Wildman–Crippen MR) is 80.7 cm³/mol. The number of unbranched alkanes of at least 4 members (excludes halogenated alkanes) is 1. The number of aromatic nitrogens is 3. The van der Waals surface area contributed by atoms with Crippen LogP contribution in [0.5, 0.6) is 0 Å². The minimum absolute atomic E-state index is 0.118. The molecular formula is C13H20N4OS. The van der Waals surface area contributed by atoms with Gasteiger partial charge in [-0.1, -0.05) is 6.92 Å². The van der Waals surface area contributed by atoms with Crippen LogP contribution in [0.15, 0.2) is 17.3 Å². The molecule has 0 aliphatic heterocycles. The third-order valence-corrected chi connectivity index (χ3v) is 3.95. The highest BCUT2D eigenvalue weighted by Gasteiger charge is 2.06. The third-order valence-electron chi connectivity index (χ3n) is 2.96. The van der Waals surface area contributed by atoms with E-state index in [-0.39, 0.29) is 5.56 Å². The van der Waals surface area contributed by atoms with Gasteiger partial charge in [0, 0.05) is 18.3 Å². The maximum absolute atomic E-state index is 11.5. The Hall–Kier alpha value is -1.27. The molecule has 2 heterocycles. The molecule has 0 spiro atoms. The number of thioether (sulfide) groups is 1. The van der Waals surface area contributed by atoms with Crippen molar-refractivity contribution in [3.8, 4) is 0 Å². The number of nitrogens with one attached hydrogen (secondary N) is 3. The number of aromatic amines is 2. The van der Waals surface area contributed by atoms with Crippen molar-refractivity contribution in [2.24, 2.45) is 0 Å². The Kier molecular flexibility index (Phi) is 5.47. The first kappa shape index (κ1) is 14.1. The first-order chi connectivity index (χ1) is 9.33. The Bertz CT molecular complexity index is 563. The average molecular weight is 280 g/mol. The molecule has 0 saturated carbocycles. The lowest BCUT2D eigenvalue weighted by Gasteiger charge is -2.03. The zero-order valence-electron chi connectivity index (χ0n) is 11.2. The fourth-order valence-corrected chi connectivity index (χ4v) is 2.66. The van der Waals surface area contributed by atoms with E-state index < -0.39 is 0 Å². The Labute approximate surface area is 116 Å². The summed E-state index contributed by atoms with van der Waals surface area (Å²) in [6.07, 6.45) is 5.73. The lowest BCUT2D eigenvalue weighted by Crippen LogP contribution is -2.15. The van der Waals surface area contributed by atoms with Gasteiger partial charge in [0.1, 0.15) is 5.52 Å². The van der Waals surface area contributed by atoms with Crippen LogP contribution in [0.25, 0.3) is 11.0 Å². The molecule has 0 amide bonds. The first-order valence-corrected chi connectivity index (χ1v) is 7.80. The van der Waals surface area contributed by atoms with Crippen molar-refractivity contribution in [3.05, 3.63) is 28.4 Å². The van der Waals surface area contributed by atoms with Crippen molar-refractivity contribution in [3.63, 3.8) is 0 Å². The van der Waals surface area contributed by atoms with E-state index in [0.29, 0.717) is 5.52 Å². The molecule has 6 heteroatoms. The van der Waals surface area contributed by atoms with E-state index >= 15 is 0 Å². The zero-order chi connectivity index (χ0) is 13.5. The molecule has 2 aromatic heterocycles. The molecule has 0 saturated heterocycles. The van der Waals surface area contributed by atoms with Gasteiger partial charge in [0.2, 0.25) is 0 Å². The van der Waals surface area contributed by atoms with E-state index in [1.807, 2.05) is 18.0 Å². The summed E-state index contributed by atoms with van der Waals surface area (Å²) in [6, 6.07) is 0. The van der Waals surface area contributed by atoms with Gasteiger partial charge in [-0.2, -0.15) is 11.8 Å². The van der Waals surface area contributed by atoms with E-state index in [0.717, 1.165) is 24.2 Å². The Balaban J connectivity index is 1.79. The molecule has 104 valence electrons. The van der Waals surface area contributed by atoms with Crippen molar-refractivity contribution >= 4 is 22.8 Å². The highest BCUT2D eigenvalue weighted by molar-refractivity contribution is 7.99. The standard InChI is InChI=1S/C13H20N4OS/c1-2-19-6-4-3-5-14-7-10-8-15-12-11(10)16-9-17-13(12)18/h8-9,14-15H,2-7H2,1H3,(H,16,17,18). The van der Waals surface area contributed by atoms with Gasteiger partial charge in [-0.25, -0.2) is 4.98 Å². The van der Waals surface area contributed by atoms with Gasteiger partial charge in [-0.3, -0.25) is 4.79 Å². The average Bonchev–Trinajstić information content (AvgIpc) is 2.83. The van der Waals surface area contributed by atoms with Gasteiger partial charge < -0.3 is 15.3 Å². The lowest BCUT2D eigenvalue weighted by atomic mass is 10.2. The molecule has 3 N–H and O–H groups in total. The molecule has 0 aromatic carbocycles. The van der Waals surface area contributed by atoms with Gasteiger partial charge >= 0.3 is 0 Å². The molecule has 0 aliphatic carbocycles. The fourth-order valence-electron chi connectivity index (χ4n) is 1.96. The number of hydrogen-bond acceptors (Lipinski definition) is 4. The largest absolute Gasteiger partial charge is 0.355 e. The summed E-state index contributed by atoms with van der Waals surface area (Å²) in [4.78, 5) is 21.3. The second-order valence-electron chi connectivity index (χ2n) is 4.35. The van der Waals surface area contributed by atoms with Gasteiger partial charge in [0.15, 0.2) is 0 Å². The smallest absolute Gasteiger partial charge is 0.275 e. The summed E-state index contributed by atoms with van der Waals surface area (Å²) in [5, 5.41) is 3.39. The third kappa shape index (κ3) is 3.84. The second kappa shape index (κ2) is 7.35. The van der Waals surface area contributed by atoms with E-state index in [2.05, 4.69) is 27.2 Å². The van der Waals surface area contributed by atoms with E-state index in [4.69, 9.17) is 0 Å². The molecule has 0 atom stereocenters. The van der Waals surface area contributed by atoms with E-state index in [9.17, 15) is 4.79 Å². The molecule has 2 aromatic rings. The molecule has 2 rings (SSSR count). The number of H-pyrrole nitrogens is 2. The lowest BCUT2D eigenvalue weighted by molar-refractivity contribution is 0.645. The number of nitrogens with zero attached hydrogens (tertiary/aromatic N) is 1. The SMILES string of the molecule is CCSCCCCNCc1c[nH]c2c(=O)[nH]cnc12. The molecular weight excluding hydrogens is 260 g/mol. The summed E-state index contributed by atoms with van der Waals surface area (Å²) >= 11 is 1.99. The van der Waals surface area contributed by atoms with Crippen molar-refractivity contribution in [1.82, 2.24) is 20.3 Å². The summed E-state index contributed by atoms with van der Waals surface area (Å²) in [5.74, 6) is 2.44. The monoisotopic (exact) mass is 280 g/mol. The highest BCUT2D eigenvalue weighted by atomic mass is 32.2. The van der Waals surface area contributed by atoms with Gasteiger partial charge in [-0.15, -0.1) is 0 Å². The highest BCUT2D eigenvalue weighted by Crippen LogP contribution is 2.10. The minimum atomic E-state index is -0.118. The molecule has 0 aliphatic rings. The van der Waals surface area contributed by atoms with Gasteiger partial charge in [-0.05, 0) is 30.9 Å². The molecule has 0 unspecified atom stereocenters. The maximum atomic E-state index is 11.5. The molecule has 0 fully saturated rings. The van der Waals surface area contributed by atoms with Crippen molar-refractivity contribution in [1.29, 1.82) is 0 Å². The number of rotatable bonds is 8. The van der Waals surface area contributed by atoms with Crippen molar-refractivity contribution < 1.29 is 0 Å². The minimum Gasteiger partial charge on any atom is -0.355 e. The van der Waals surface area contributed by atoms with Crippen LogP contribution in [0, 0.1) is 0 Å². The van der Waals surface area contributed by atoms with Gasteiger partial charge in [0.25, 0.3) is 5.56 Å². The Morgan fingerprint density at radius 1 is 1.37 bits per heavy atom.